The maximum Gasteiger partial charge on any atom is 0.346 e. The molecule has 0 radical (unpaired) electrons. The molecule has 1 N–H and O–H groups in total. The lowest BCUT2D eigenvalue weighted by atomic mass is 10.1. The molecule has 0 fully saturated rings. The maximum atomic E-state index is 10.9. The van der Waals surface area contributed by atoms with Crippen LogP contribution in [0.4, 0.5) is 0 Å². The van der Waals surface area contributed by atoms with E-state index < -0.39 is 5.97 Å². The minimum Gasteiger partial charge on any atom is -0.477 e. The molecule has 0 aliphatic carbocycles. The Morgan fingerprint density at radius 2 is 2.19 bits per heavy atom. The molecule has 16 heavy (non-hydrogen) atoms. The molecule has 1 rings (SSSR count). The van der Waals surface area contributed by atoms with Gasteiger partial charge in [0.05, 0.1) is 12.7 Å². The number of aromatic carboxylic acids is 1. The number of thiophene rings is 1. The van der Waals surface area contributed by atoms with Crippen molar-refractivity contribution in [3.8, 4) is 0 Å². The number of carboxylic acid groups (broad SMARTS) is 1. The largest absolute Gasteiger partial charge is 0.477 e. The van der Waals surface area contributed by atoms with Crippen molar-refractivity contribution in [3.05, 3.63) is 21.9 Å². The van der Waals surface area contributed by atoms with Gasteiger partial charge in [-0.15, -0.1) is 11.3 Å². The van der Waals surface area contributed by atoms with Crippen LogP contribution in [-0.2, 0) is 11.3 Å². The third kappa shape index (κ3) is 3.94. The smallest absolute Gasteiger partial charge is 0.346 e. The van der Waals surface area contributed by atoms with E-state index in [2.05, 4.69) is 13.8 Å². The average molecular weight is 242 g/mol. The fourth-order valence-electron chi connectivity index (χ4n) is 1.60. The Kier molecular flexibility index (Phi) is 4.96. The molecule has 0 aliphatic heterocycles. The Morgan fingerprint density at radius 3 is 2.75 bits per heavy atom. The van der Waals surface area contributed by atoms with Crippen LogP contribution in [0.1, 0.15) is 42.4 Å². The Balaban J connectivity index is 2.48. The van der Waals surface area contributed by atoms with Crippen LogP contribution in [0.3, 0.4) is 0 Å². The molecular weight excluding hydrogens is 224 g/mol. The van der Waals surface area contributed by atoms with Gasteiger partial charge in [-0.25, -0.2) is 4.79 Å². The number of hydrogen-bond acceptors (Lipinski definition) is 3. The molecule has 0 aliphatic rings. The monoisotopic (exact) mass is 242 g/mol. The van der Waals surface area contributed by atoms with Crippen molar-refractivity contribution in [2.75, 3.05) is 0 Å². The molecule has 0 amide bonds. The van der Waals surface area contributed by atoms with Gasteiger partial charge in [0.25, 0.3) is 0 Å². The summed E-state index contributed by atoms with van der Waals surface area (Å²) in [4.78, 5) is 11.2. The summed E-state index contributed by atoms with van der Waals surface area (Å²) in [6.07, 6.45) is 1.16. The van der Waals surface area contributed by atoms with Gasteiger partial charge in [0.1, 0.15) is 4.88 Å². The van der Waals surface area contributed by atoms with Gasteiger partial charge in [-0.2, -0.15) is 0 Å². The van der Waals surface area contributed by atoms with E-state index in [4.69, 9.17) is 9.84 Å². The molecule has 0 bridgehead atoms. The third-order valence-corrected chi connectivity index (χ3v) is 3.21. The summed E-state index contributed by atoms with van der Waals surface area (Å²) < 4.78 is 5.63. The molecule has 0 spiro atoms. The van der Waals surface area contributed by atoms with Crippen molar-refractivity contribution in [1.29, 1.82) is 0 Å². The number of ether oxygens (including phenoxy) is 1. The van der Waals surface area contributed by atoms with Crippen molar-refractivity contribution in [3.63, 3.8) is 0 Å². The van der Waals surface area contributed by atoms with Crippen molar-refractivity contribution in [2.45, 2.75) is 39.9 Å². The zero-order valence-corrected chi connectivity index (χ0v) is 10.7. The van der Waals surface area contributed by atoms with E-state index in [0.717, 1.165) is 12.0 Å². The van der Waals surface area contributed by atoms with Crippen LogP contribution >= 0.6 is 11.3 Å². The minimum absolute atomic E-state index is 0.168. The lowest BCUT2D eigenvalue weighted by Gasteiger charge is -2.14. The molecule has 1 atom stereocenters. The predicted molar refractivity (Wildman–Crippen MR) is 65.0 cm³/mol. The molecule has 3 nitrogen and oxygen atoms in total. The molecule has 4 heteroatoms. The average Bonchev–Trinajstić information content (AvgIpc) is 2.61. The molecule has 0 saturated carbocycles. The second-order valence-corrected chi connectivity index (χ2v) is 5.25. The number of carbonyl (C=O) groups is 1. The van der Waals surface area contributed by atoms with Crippen LogP contribution in [0, 0.1) is 5.92 Å². The lowest BCUT2D eigenvalue weighted by Crippen LogP contribution is -2.11. The fraction of sp³-hybridized carbons (Fsp3) is 0.583. The molecule has 90 valence electrons. The summed E-state index contributed by atoms with van der Waals surface area (Å²) >= 11 is 1.24. The molecule has 1 aromatic heterocycles. The highest BCUT2D eigenvalue weighted by Crippen LogP contribution is 2.19. The van der Waals surface area contributed by atoms with Crippen LogP contribution in [0.25, 0.3) is 0 Å². The molecule has 0 saturated heterocycles. The van der Waals surface area contributed by atoms with Gasteiger partial charge in [0, 0.05) is 5.56 Å². The van der Waals surface area contributed by atoms with Gasteiger partial charge >= 0.3 is 5.97 Å². The summed E-state index contributed by atoms with van der Waals surface area (Å²) in [7, 11) is 0. The van der Waals surface area contributed by atoms with Crippen LogP contribution in [0.15, 0.2) is 11.4 Å². The van der Waals surface area contributed by atoms with Gasteiger partial charge in [-0.1, -0.05) is 13.8 Å². The quantitative estimate of drug-likeness (QED) is 0.831. The molecular formula is C12H18O3S. The summed E-state index contributed by atoms with van der Waals surface area (Å²) in [5.41, 5.74) is 0.771. The normalized spacial score (nSPS) is 13.0. The van der Waals surface area contributed by atoms with E-state index in [9.17, 15) is 4.79 Å². The van der Waals surface area contributed by atoms with Crippen LogP contribution < -0.4 is 0 Å². The van der Waals surface area contributed by atoms with E-state index in [1.807, 2.05) is 13.0 Å². The molecule has 0 aromatic carbocycles. The third-order valence-electron chi connectivity index (χ3n) is 2.27. The number of carboxylic acids is 1. The van der Waals surface area contributed by atoms with Gasteiger partial charge in [0.2, 0.25) is 0 Å². The fourth-order valence-corrected chi connectivity index (χ4v) is 2.35. The Hall–Kier alpha value is -0.870. The first-order valence-corrected chi connectivity index (χ1v) is 6.30. The van der Waals surface area contributed by atoms with Crippen LogP contribution in [0.2, 0.25) is 0 Å². The highest BCUT2D eigenvalue weighted by atomic mass is 32.1. The second kappa shape index (κ2) is 6.01. The SMILES string of the molecule is CC(C)CC(C)OCc1ccsc1C(=O)O. The predicted octanol–water partition coefficient (Wildman–Crippen LogP) is 3.40. The zero-order chi connectivity index (χ0) is 12.1. The van der Waals surface area contributed by atoms with Gasteiger partial charge in [0.15, 0.2) is 0 Å². The first-order valence-electron chi connectivity index (χ1n) is 5.42. The minimum atomic E-state index is -0.870. The van der Waals surface area contributed by atoms with Crippen molar-refractivity contribution in [2.24, 2.45) is 5.92 Å². The summed E-state index contributed by atoms with van der Waals surface area (Å²) in [6, 6.07) is 1.82. The number of hydrogen-bond donors (Lipinski definition) is 1. The Bertz CT molecular complexity index is 344. The van der Waals surface area contributed by atoms with Crippen LogP contribution in [0.5, 0.6) is 0 Å². The Labute approximate surface area is 100 Å². The zero-order valence-electron chi connectivity index (χ0n) is 9.90. The van der Waals surface area contributed by atoms with E-state index in [1.54, 1.807) is 5.38 Å². The highest BCUT2D eigenvalue weighted by molar-refractivity contribution is 7.12. The Morgan fingerprint density at radius 1 is 1.50 bits per heavy atom. The summed E-state index contributed by atoms with van der Waals surface area (Å²) in [5, 5.41) is 10.7. The van der Waals surface area contributed by atoms with Crippen molar-refractivity contribution >= 4 is 17.3 Å². The van der Waals surface area contributed by atoms with Crippen molar-refractivity contribution in [1.82, 2.24) is 0 Å². The first kappa shape index (κ1) is 13.2. The maximum absolute atomic E-state index is 10.9. The van der Waals surface area contributed by atoms with E-state index >= 15 is 0 Å². The molecule has 1 aromatic rings. The van der Waals surface area contributed by atoms with Crippen LogP contribution in [-0.4, -0.2) is 17.2 Å². The summed E-state index contributed by atoms with van der Waals surface area (Å²) in [5.74, 6) is -0.276. The van der Waals surface area contributed by atoms with Gasteiger partial charge in [-0.05, 0) is 30.7 Å². The van der Waals surface area contributed by atoms with Gasteiger partial charge < -0.3 is 9.84 Å². The first-order chi connectivity index (χ1) is 7.50. The summed E-state index contributed by atoms with van der Waals surface area (Å²) in [6.45, 7) is 6.70. The van der Waals surface area contributed by atoms with Gasteiger partial charge in [-0.3, -0.25) is 0 Å². The van der Waals surface area contributed by atoms with E-state index in [1.165, 1.54) is 11.3 Å². The topological polar surface area (TPSA) is 46.5 Å². The number of rotatable bonds is 6. The molecule has 1 heterocycles. The van der Waals surface area contributed by atoms with Crippen molar-refractivity contribution < 1.29 is 14.6 Å². The highest BCUT2D eigenvalue weighted by Gasteiger charge is 2.13. The molecule has 1 unspecified atom stereocenters. The lowest BCUT2D eigenvalue weighted by molar-refractivity contribution is 0.0387. The van der Waals surface area contributed by atoms with E-state index in [-0.39, 0.29) is 6.10 Å². The second-order valence-electron chi connectivity index (χ2n) is 4.33. The van der Waals surface area contributed by atoms with E-state index in [0.29, 0.717) is 17.4 Å². The standard InChI is InChI=1S/C12H18O3S/c1-8(2)6-9(3)15-7-10-4-5-16-11(10)12(13)14/h4-5,8-9H,6-7H2,1-3H3,(H,13,14).